The summed E-state index contributed by atoms with van der Waals surface area (Å²) in [4.78, 5) is 51.6. The van der Waals surface area contributed by atoms with Crippen LogP contribution in [0.15, 0.2) is 106 Å². The third-order valence-corrected chi connectivity index (χ3v) is 20.5. The van der Waals surface area contributed by atoms with Crippen molar-refractivity contribution in [3.63, 3.8) is 0 Å². The second-order valence-electron chi connectivity index (χ2n) is 19.0. The number of hydrogen-bond acceptors (Lipinski definition) is 10. The molecular weight excluding hydrogens is 1020 g/mol. The fourth-order valence-electron chi connectivity index (χ4n) is 9.62. The van der Waals surface area contributed by atoms with E-state index in [1.165, 1.54) is 153 Å². The average molecular weight is 1090 g/mol. The Hall–Kier alpha value is -4.69. The van der Waals surface area contributed by atoms with E-state index in [0.717, 1.165) is 35.4 Å². The first-order chi connectivity index (χ1) is 35.8. The predicted molar refractivity (Wildman–Crippen MR) is 317 cm³/mol. The lowest BCUT2D eigenvalue weighted by Gasteiger charge is -2.19. The van der Waals surface area contributed by atoms with Crippen LogP contribution in [-0.4, -0.2) is 17.8 Å². The fraction of sp³-hybridized carbons (Fsp3) is 0.393. The van der Waals surface area contributed by atoms with E-state index in [4.69, 9.17) is 4.74 Å². The summed E-state index contributed by atoms with van der Waals surface area (Å²) < 4.78 is 6.52. The van der Waals surface area contributed by atoms with Crippen LogP contribution in [0.5, 0.6) is 0 Å². The second kappa shape index (κ2) is 27.7. The van der Waals surface area contributed by atoms with Crippen LogP contribution in [0.1, 0.15) is 162 Å². The van der Waals surface area contributed by atoms with Gasteiger partial charge >= 0.3 is 6.03 Å². The molecule has 8 heterocycles. The number of nitrogens with one attached hydrogen (secondary N) is 2. The molecule has 0 aliphatic carbocycles. The molecular formula is C61H70N2O4S6. The minimum Gasteiger partial charge on any atom is -0.457 e. The third-order valence-electron chi connectivity index (χ3n) is 13.4. The first kappa shape index (κ1) is 54.6. The number of urea groups is 1. The molecule has 2 N–H and O–H groups in total. The number of allylic oxidation sites excluding steroid dienone is 5. The van der Waals surface area contributed by atoms with Crippen molar-refractivity contribution in [3.05, 3.63) is 138 Å². The summed E-state index contributed by atoms with van der Waals surface area (Å²) in [6.07, 6.45) is 35.5. The highest BCUT2D eigenvalue weighted by Gasteiger charge is 2.31. The van der Waals surface area contributed by atoms with Crippen LogP contribution in [0.25, 0.3) is 51.2 Å². The maximum absolute atomic E-state index is 13.2. The van der Waals surface area contributed by atoms with Gasteiger partial charge in [-0.3, -0.25) is 20.2 Å². The predicted octanol–water partition coefficient (Wildman–Crippen LogP) is 19.4. The van der Waals surface area contributed by atoms with E-state index in [1.807, 2.05) is 57.5 Å². The summed E-state index contributed by atoms with van der Waals surface area (Å²) in [6, 6.07) is 16.9. The molecule has 2 aliphatic heterocycles. The largest absolute Gasteiger partial charge is 0.457 e. The van der Waals surface area contributed by atoms with Crippen molar-refractivity contribution in [3.8, 4) is 39.0 Å². The van der Waals surface area contributed by atoms with Gasteiger partial charge in [-0.1, -0.05) is 117 Å². The van der Waals surface area contributed by atoms with E-state index in [2.05, 4.69) is 110 Å². The molecule has 0 unspecified atom stereocenters. The van der Waals surface area contributed by atoms with Crippen LogP contribution in [-0.2, 0) is 40.0 Å². The summed E-state index contributed by atoms with van der Waals surface area (Å²) in [5, 5.41) is 8.89. The minimum absolute atomic E-state index is 0.135. The smallest absolute Gasteiger partial charge is 0.328 e. The van der Waals surface area contributed by atoms with Gasteiger partial charge in [0, 0.05) is 54.3 Å². The summed E-state index contributed by atoms with van der Waals surface area (Å²) in [5.41, 5.74) is 6.38. The number of carbonyl (C=O) groups is 3. The minimum atomic E-state index is -0.830. The van der Waals surface area contributed by atoms with Gasteiger partial charge in [0.2, 0.25) is 0 Å². The first-order valence-electron chi connectivity index (χ1n) is 26.7. The van der Waals surface area contributed by atoms with Gasteiger partial charge in [-0.25, -0.2) is 4.79 Å². The Morgan fingerprint density at radius 1 is 0.438 bits per heavy atom. The average Bonchev–Trinajstić information content (AvgIpc) is 4.26. The highest BCUT2D eigenvalue weighted by molar-refractivity contribution is 7.27. The molecule has 1 fully saturated rings. The molecule has 73 heavy (non-hydrogen) atoms. The van der Waals surface area contributed by atoms with Crippen molar-refractivity contribution in [2.75, 3.05) is 0 Å². The van der Waals surface area contributed by atoms with Gasteiger partial charge in [-0.15, -0.1) is 68.0 Å². The number of ether oxygens (including phenoxy) is 1. The molecule has 0 spiro atoms. The molecule has 0 bridgehead atoms. The molecule has 0 aromatic carbocycles. The number of hydrogen-bond donors (Lipinski definition) is 2. The lowest BCUT2D eigenvalue weighted by molar-refractivity contribution is -0.124. The fourth-order valence-corrected chi connectivity index (χ4v) is 16.3. The number of imide groups is 2. The Balaban J connectivity index is 1.08. The Morgan fingerprint density at radius 2 is 0.822 bits per heavy atom. The molecule has 4 amide bonds. The number of amides is 4. The molecule has 6 nitrogen and oxygen atoms in total. The summed E-state index contributed by atoms with van der Waals surface area (Å²) >= 11 is 11.1. The molecule has 0 radical (unpaired) electrons. The lowest BCUT2D eigenvalue weighted by atomic mass is 9.96. The van der Waals surface area contributed by atoms with Crippen LogP contribution in [0.4, 0.5) is 4.79 Å². The highest BCUT2D eigenvalue weighted by Crippen LogP contribution is 2.49. The molecule has 12 heteroatoms. The molecule has 8 rings (SSSR count). The van der Waals surface area contributed by atoms with Crippen LogP contribution < -0.4 is 10.6 Å². The standard InChI is InChI=1S/C61H70N2O4S6/c1-5-9-13-17-23-46-48(25-19-15-11-7-3)57(72-55(46)50-27-21-37-68-50)52-35-33-44(70-52)31-29-42-39-41(54-59(64)62-61(66)63-60(54)65)40-43(67-42)30-32-45-34-36-53(71-45)58-49(26-20-16-12-8-4)47(24-18-14-10-6-2)56(73-58)51-28-22-38-69-51/h21-22,27-40H,5-20,23-26H2,1-4H3,(H2,62,63,64,65,66)/b31-29+,32-30+. The summed E-state index contributed by atoms with van der Waals surface area (Å²) in [7, 11) is 0. The van der Waals surface area contributed by atoms with Gasteiger partial charge < -0.3 is 4.74 Å². The van der Waals surface area contributed by atoms with Crippen molar-refractivity contribution in [1.29, 1.82) is 0 Å². The molecule has 1 saturated heterocycles. The second-order valence-corrected chi connectivity index (χ2v) is 25.1. The topological polar surface area (TPSA) is 84.5 Å². The van der Waals surface area contributed by atoms with E-state index in [9.17, 15) is 14.4 Å². The number of unbranched alkanes of at least 4 members (excludes halogenated alkanes) is 12. The SMILES string of the molecule is CCCCCCc1c(-c2cccs2)sc(-c2ccc(/C=C/C3=CC(=C4C(=O)NC(=O)NC4=O)C=C(/C=C/c4ccc(-c5sc(-c6cccs6)c(CCCCCC)c5CCCCCC)s4)O3)s2)c1CCCCCC. The zero-order chi connectivity index (χ0) is 50.9. The van der Waals surface area contributed by atoms with Crippen molar-refractivity contribution >= 4 is 98.0 Å². The van der Waals surface area contributed by atoms with Gasteiger partial charge in [0.25, 0.3) is 11.8 Å². The van der Waals surface area contributed by atoms with E-state index in [1.54, 1.807) is 46.0 Å². The van der Waals surface area contributed by atoms with Gasteiger partial charge in [-0.2, -0.15) is 0 Å². The van der Waals surface area contributed by atoms with Crippen molar-refractivity contribution < 1.29 is 19.1 Å². The molecule has 6 aromatic rings. The maximum atomic E-state index is 13.2. The van der Waals surface area contributed by atoms with Crippen LogP contribution in [0.3, 0.4) is 0 Å². The summed E-state index contributed by atoms with van der Waals surface area (Å²) in [5.74, 6) is -0.525. The quantitative estimate of drug-likeness (QED) is 0.0291. The molecule has 0 atom stereocenters. The number of thiophene rings is 6. The highest BCUT2D eigenvalue weighted by atomic mass is 32.1. The summed E-state index contributed by atoms with van der Waals surface area (Å²) in [6.45, 7) is 9.11. The maximum Gasteiger partial charge on any atom is 0.328 e. The van der Waals surface area contributed by atoms with Gasteiger partial charge in [-0.05, 0) is 157 Å². The number of barbiturate groups is 1. The van der Waals surface area contributed by atoms with Crippen molar-refractivity contribution in [2.24, 2.45) is 0 Å². The molecule has 0 saturated carbocycles. The number of rotatable bonds is 28. The van der Waals surface area contributed by atoms with E-state index < -0.39 is 17.8 Å². The van der Waals surface area contributed by atoms with Crippen LogP contribution in [0.2, 0.25) is 0 Å². The Bertz CT molecular complexity index is 2750. The zero-order valence-electron chi connectivity index (χ0n) is 43.0. The zero-order valence-corrected chi connectivity index (χ0v) is 47.9. The van der Waals surface area contributed by atoms with E-state index in [-0.39, 0.29) is 5.57 Å². The van der Waals surface area contributed by atoms with E-state index >= 15 is 0 Å². The Labute approximate surface area is 457 Å². The Morgan fingerprint density at radius 3 is 1.18 bits per heavy atom. The normalized spacial score (nSPS) is 14.2. The lowest BCUT2D eigenvalue weighted by Crippen LogP contribution is -2.51. The van der Waals surface area contributed by atoms with Crippen molar-refractivity contribution in [1.82, 2.24) is 10.6 Å². The van der Waals surface area contributed by atoms with Crippen LogP contribution in [0, 0.1) is 0 Å². The van der Waals surface area contributed by atoms with Gasteiger partial charge in [0.15, 0.2) is 0 Å². The molecule has 384 valence electrons. The Kier molecular flexibility index (Phi) is 20.7. The van der Waals surface area contributed by atoms with Gasteiger partial charge in [0.1, 0.15) is 17.1 Å². The first-order valence-corrected chi connectivity index (χ1v) is 31.8. The molecule has 2 aliphatic rings. The van der Waals surface area contributed by atoms with Crippen LogP contribution >= 0.6 is 68.0 Å². The van der Waals surface area contributed by atoms with Crippen molar-refractivity contribution in [2.45, 2.75) is 156 Å². The number of carbonyl (C=O) groups excluding carboxylic acids is 3. The monoisotopic (exact) mass is 1090 g/mol. The van der Waals surface area contributed by atoms with Gasteiger partial charge in [0.05, 0.1) is 0 Å². The van der Waals surface area contributed by atoms with E-state index in [0.29, 0.717) is 17.1 Å². The third kappa shape index (κ3) is 14.4. The molecule has 6 aromatic heterocycles.